The van der Waals surface area contributed by atoms with Crippen LogP contribution in [0, 0.1) is 0 Å². The zero-order chi connectivity index (χ0) is 19.2. The van der Waals surface area contributed by atoms with E-state index in [4.69, 9.17) is 9.56 Å². The van der Waals surface area contributed by atoms with Crippen LogP contribution in [0.2, 0.25) is 0 Å². The second kappa shape index (κ2) is 6.19. The van der Waals surface area contributed by atoms with Crippen LogP contribution in [0.5, 0.6) is 0 Å². The Hall–Kier alpha value is -3.23. The van der Waals surface area contributed by atoms with Crippen LogP contribution in [-0.2, 0) is 14.8 Å². The average molecular weight is 381 g/mol. The molecule has 4 rings (SSSR count). The van der Waals surface area contributed by atoms with E-state index in [-0.39, 0.29) is 10.8 Å². The van der Waals surface area contributed by atoms with Gasteiger partial charge in [-0.2, -0.15) is 10.1 Å². The van der Waals surface area contributed by atoms with Gasteiger partial charge in [-0.15, -0.1) is 0 Å². The van der Waals surface area contributed by atoms with Crippen LogP contribution >= 0.6 is 0 Å². The van der Waals surface area contributed by atoms with E-state index < -0.39 is 10.0 Å². The van der Waals surface area contributed by atoms with Gasteiger partial charge in [0.05, 0.1) is 21.9 Å². The zero-order valence-electron chi connectivity index (χ0n) is 14.3. The van der Waals surface area contributed by atoms with E-state index in [9.17, 15) is 13.2 Å². The molecule has 1 aliphatic rings. The van der Waals surface area contributed by atoms with Gasteiger partial charge in [0.1, 0.15) is 11.3 Å². The molecule has 0 fully saturated rings. The molecule has 1 aliphatic heterocycles. The van der Waals surface area contributed by atoms with Gasteiger partial charge in [-0.25, -0.2) is 13.6 Å². The molecule has 2 N–H and O–H groups in total. The van der Waals surface area contributed by atoms with Crippen LogP contribution in [0.3, 0.4) is 0 Å². The number of hydrazone groups is 1. The van der Waals surface area contributed by atoms with Crippen molar-refractivity contribution < 1.29 is 17.6 Å². The molecule has 0 aliphatic carbocycles. The molecular formula is C19H15N3O4S. The third kappa shape index (κ3) is 3.16. The second-order valence-corrected chi connectivity index (χ2v) is 7.65. The SMILES string of the molecule is CC1=NN(c2ccc(S(N)(=O)=O)cc2)C(=O)/C1=C\c1cc2ccccc2o1. The van der Waals surface area contributed by atoms with Crippen molar-refractivity contribution in [2.75, 3.05) is 5.01 Å². The molecule has 8 heteroatoms. The van der Waals surface area contributed by atoms with E-state index in [0.29, 0.717) is 22.7 Å². The fourth-order valence-corrected chi connectivity index (χ4v) is 3.37. The molecule has 7 nitrogen and oxygen atoms in total. The fraction of sp³-hybridized carbons (Fsp3) is 0.0526. The highest BCUT2D eigenvalue weighted by Crippen LogP contribution is 2.27. The summed E-state index contributed by atoms with van der Waals surface area (Å²) in [6.45, 7) is 1.73. The van der Waals surface area contributed by atoms with Gasteiger partial charge in [-0.3, -0.25) is 4.79 Å². The molecule has 0 bridgehead atoms. The number of anilines is 1. The first kappa shape index (κ1) is 17.2. The van der Waals surface area contributed by atoms with Crippen LogP contribution in [0.25, 0.3) is 17.0 Å². The summed E-state index contributed by atoms with van der Waals surface area (Å²) in [6, 6.07) is 15.1. The minimum absolute atomic E-state index is 0.0309. The van der Waals surface area contributed by atoms with Gasteiger partial charge in [0.15, 0.2) is 0 Å². The number of hydrogen-bond acceptors (Lipinski definition) is 5. The minimum Gasteiger partial charge on any atom is -0.457 e. The third-order valence-electron chi connectivity index (χ3n) is 4.20. The minimum atomic E-state index is -3.79. The lowest BCUT2D eigenvalue weighted by atomic mass is 10.1. The van der Waals surface area contributed by atoms with Crippen molar-refractivity contribution in [2.24, 2.45) is 10.2 Å². The molecule has 1 aromatic heterocycles. The van der Waals surface area contributed by atoms with Gasteiger partial charge in [-0.05, 0) is 49.4 Å². The summed E-state index contributed by atoms with van der Waals surface area (Å²) in [6.07, 6.45) is 1.65. The van der Waals surface area contributed by atoms with E-state index >= 15 is 0 Å². The highest BCUT2D eigenvalue weighted by molar-refractivity contribution is 7.89. The number of benzene rings is 2. The van der Waals surface area contributed by atoms with Crippen LogP contribution in [-0.4, -0.2) is 20.0 Å². The fourth-order valence-electron chi connectivity index (χ4n) is 2.85. The number of carbonyl (C=O) groups excluding carboxylic acids is 1. The normalized spacial score (nSPS) is 16.4. The molecule has 0 radical (unpaired) electrons. The lowest BCUT2D eigenvalue weighted by Crippen LogP contribution is -2.21. The van der Waals surface area contributed by atoms with E-state index in [0.717, 1.165) is 11.0 Å². The molecule has 0 saturated carbocycles. The Kier molecular flexibility index (Phi) is 3.94. The maximum absolute atomic E-state index is 12.8. The molecule has 0 spiro atoms. The van der Waals surface area contributed by atoms with Gasteiger partial charge < -0.3 is 4.42 Å². The number of primary sulfonamides is 1. The van der Waals surface area contributed by atoms with Crippen LogP contribution < -0.4 is 10.1 Å². The lowest BCUT2D eigenvalue weighted by molar-refractivity contribution is -0.114. The van der Waals surface area contributed by atoms with Crippen molar-refractivity contribution in [1.29, 1.82) is 0 Å². The Morgan fingerprint density at radius 3 is 2.48 bits per heavy atom. The standard InChI is InChI=1S/C19H15N3O4S/c1-12-17(11-15-10-13-4-2-3-5-18(13)26-15)19(23)22(21-12)14-6-8-16(9-7-14)27(20,24)25/h2-11H,1H3,(H2,20,24,25)/b17-11-. The lowest BCUT2D eigenvalue weighted by Gasteiger charge is -2.11. The molecule has 2 heterocycles. The number of amides is 1. The molecule has 0 atom stereocenters. The van der Waals surface area contributed by atoms with Crippen molar-refractivity contribution in [1.82, 2.24) is 0 Å². The first-order valence-electron chi connectivity index (χ1n) is 8.06. The van der Waals surface area contributed by atoms with Crippen molar-refractivity contribution in [3.05, 3.63) is 65.9 Å². The molecule has 27 heavy (non-hydrogen) atoms. The number of hydrogen-bond donors (Lipinski definition) is 1. The molecule has 3 aromatic rings. The number of carbonyl (C=O) groups is 1. The second-order valence-electron chi connectivity index (χ2n) is 6.09. The number of sulfonamides is 1. The quantitative estimate of drug-likeness (QED) is 0.704. The Bertz CT molecular complexity index is 1190. The zero-order valence-corrected chi connectivity index (χ0v) is 15.1. The number of rotatable bonds is 3. The summed E-state index contributed by atoms with van der Waals surface area (Å²) < 4.78 is 28.5. The Labute approximate surface area is 155 Å². The van der Waals surface area contributed by atoms with Crippen molar-refractivity contribution in [2.45, 2.75) is 11.8 Å². The highest BCUT2D eigenvalue weighted by atomic mass is 32.2. The summed E-state index contributed by atoms with van der Waals surface area (Å²) in [7, 11) is -3.79. The van der Waals surface area contributed by atoms with Gasteiger partial charge in [-0.1, -0.05) is 18.2 Å². The predicted octanol–water partition coefficient (Wildman–Crippen LogP) is 2.89. The number of furan rings is 1. The summed E-state index contributed by atoms with van der Waals surface area (Å²) in [5, 5.41) is 11.5. The number of nitrogens with two attached hydrogens (primary N) is 1. The molecule has 1 amide bonds. The maximum atomic E-state index is 12.8. The van der Waals surface area contributed by atoms with E-state index in [1.165, 1.54) is 29.3 Å². The number of para-hydroxylation sites is 1. The molecule has 0 unspecified atom stereocenters. The maximum Gasteiger partial charge on any atom is 0.280 e. The third-order valence-corrected chi connectivity index (χ3v) is 5.13. The van der Waals surface area contributed by atoms with Gasteiger partial charge >= 0.3 is 0 Å². The predicted molar refractivity (Wildman–Crippen MR) is 103 cm³/mol. The first-order valence-corrected chi connectivity index (χ1v) is 9.61. The summed E-state index contributed by atoms with van der Waals surface area (Å²) in [5.41, 5.74) is 2.13. The summed E-state index contributed by atoms with van der Waals surface area (Å²) in [5.74, 6) is 0.233. The molecule has 2 aromatic carbocycles. The smallest absolute Gasteiger partial charge is 0.280 e. The monoisotopic (exact) mass is 381 g/mol. The van der Waals surface area contributed by atoms with Crippen molar-refractivity contribution in [3.63, 3.8) is 0 Å². The highest BCUT2D eigenvalue weighted by Gasteiger charge is 2.29. The van der Waals surface area contributed by atoms with Gasteiger partial charge in [0, 0.05) is 5.39 Å². The summed E-state index contributed by atoms with van der Waals surface area (Å²) >= 11 is 0. The van der Waals surface area contributed by atoms with E-state index in [1.807, 2.05) is 30.3 Å². The Morgan fingerprint density at radius 1 is 1.11 bits per heavy atom. The average Bonchev–Trinajstić information content (AvgIpc) is 3.16. The largest absolute Gasteiger partial charge is 0.457 e. The molecule has 0 saturated heterocycles. The molecular weight excluding hydrogens is 366 g/mol. The van der Waals surface area contributed by atoms with E-state index in [1.54, 1.807) is 13.0 Å². The van der Waals surface area contributed by atoms with Crippen LogP contribution in [0.4, 0.5) is 5.69 Å². The first-order chi connectivity index (χ1) is 12.8. The summed E-state index contributed by atoms with van der Waals surface area (Å²) in [4.78, 5) is 12.7. The van der Waals surface area contributed by atoms with Crippen molar-refractivity contribution >= 4 is 44.4 Å². The van der Waals surface area contributed by atoms with Crippen LogP contribution in [0.15, 0.2) is 74.6 Å². The topological polar surface area (TPSA) is 106 Å². The number of fused-ring (bicyclic) bond motifs is 1. The van der Waals surface area contributed by atoms with Crippen LogP contribution in [0.1, 0.15) is 12.7 Å². The van der Waals surface area contributed by atoms with Gasteiger partial charge in [0.25, 0.3) is 5.91 Å². The number of nitrogens with zero attached hydrogens (tertiary/aromatic N) is 2. The Balaban J connectivity index is 1.66. The van der Waals surface area contributed by atoms with E-state index in [2.05, 4.69) is 5.10 Å². The molecule has 136 valence electrons. The Morgan fingerprint density at radius 2 is 1.81 bits per heavy atom. The van der Waals surface area contributed by atoms with Crippen molar-refractivity contribution in [3.8, 4) is 0 Å². The van der Waals surface area contributed by atoms with Gasteiger partial charge in [0.2, 0.25) is 10.0 Å².